The van der Waals surface area contributed by atoms with Crippen LogP contribution >= 0.6 is 0 Å². The van der Waals surface area contributed by atoms with Crippen LogP contribution in [0.15, 0.2) is 67.4 Å². The van der Waals surface area contributed by atoms with Crippen molar-refractivity contribution in [3.8, 4) is 11.6 Å². The van der Waals surface area contributed by atoms with Gasteiger partial charge in [0.05, 0.1) is 12.8 Å². The molecule has 1 N–H and O–H groups in total. The number of aromatic nitrogens is 3. The monoisotopic (exact) mass is 336 g/mol. The third-order valence-electron chi connectivity index (χ3n) is 3.64. The van der Waals surface area contributed by atoms with E-state index in [9.17, 15) is 5.11 Å². The molecule has 0 saturated carbocycles. The summed E-state index contributed by atoms with van der Waals surface area (Å²) in [6.07, 6.45) is 8.38. The summed E-state index contributed by atoms with van der Waals surface area (Å²) in [6.45, 7) is 2.20. The van der Waals surface area contributed by atoms with Gasteiger partial charge in [0.15, 0.2) is 0 Å². The predicted molar refractivity (Wildman–Crippen MR) is 94.0 cm³/mol. The van der Waals surface area contributed by atoms with Crippen LogP contribution < -0.4 is 4.74 Å². The average Bonchev–Trinajstić information content (AvgIpc) is 2.65. The van der Waals surface area contributed by atoms with Gasteiger partial charge in [-0.05, 0) is 29.3 Å². The fourth-order valence-electron chi connectivity index (χ4n) is 2.49. The predicted octanol–water partition coefficient (Wildman–Crippen LogP) is 2.66. The number of pyridine rings is 1. The van der Waals surface area contributed by atoms with Gasteiger partial charge in [0, 0.05) is 44.4 Å². The van der Waals surface area contributed by atoms with E-state index in [-0.39, 0.29) is 6.61 Å². The molecule has 1 aromatic carbocycles. The van der Waals surface area contributed by atoms with Gasteiger partial charge < -0.3 is 9.84 Å². The first-order valence-electron chi connectivity index (χ1n) is 8.08. The van der Waals surface area contributed by atoms with Crippen LogP contribution in [0.25, 0.3) is 0 Å². The smallest absolute Gasteiger partial charge is 0.237 e. The summed E-state index contributed by atoms with van der Waals surface area (Å²) in [6, 6.07) is 11.8. The molecule has 0 atom stereocenters. The number of ether oxygens (including phenoxy) is 1. The lowest BCUT2D eigenvalue weighted by molar-refractivity contribution is 0.184. The maximum atomic E-state index is 9.31. The maximum absolute atomic E-state index is 9.31. The molecule has 0 bridgehead atoms. The quantitative estimate of drug-likeness (QED) is 0.682. The number of rotatable bonds is 8. The second kappa shape index (κ2) is 8.86. The van der Waals surface area contributed by atoms with E-state index < -0.39 is 0 Å². The van der Waals surface area contributed by atoms with Gasteiger partial charge in [0.25, 0.3) is 0 Å². The van der Waals surface area contributed by atoms with Crippen molar-refractivity contribution in [1.29, 1.82) is 0 Å². The van der Waals surface area contributed by atoms with Crippen LogP contribution in [0.3, 0.4) is 0 Å². The highest BCUT2D eigenvalue weighted by Gasteiger charge is 2.07. The van der Waals surface area contributed by atoms with Crippen LogP contribution in [-0.2, 0) is 13.1 Å². The van der Waals surface area contributed by atoms with Crippen molar-refractivity contribution >= 4 is 0 Å². The molecule has 0 saturated heterocycles. The zero-order valence-electron chi connectivity index (χ0n) is 13.8. The molecule has 2 heterocycles. The molecule has 2 aromatic heterocycles. The van der Waals surface area contributed by atoms with E-state index >= 15 is 0 Å². The lowest BCUT2D eigenvalue weighted by Crippen LogP contribution is -2.26. The van der Waals surface area contributed by atoms with E-state index in [1.54, 1.807) is 24.8 Å². The first-order chi connectivity index (χ1) is 12.3. The van der Waals surface area contributed by atoms with Crippen molar-refractivity contribution in [3.05, 3.63) is 78.5 Å². The van der Waals surface area contributed by atoms with Crippen LogP contribution in [-0.4, -0.2) is 38.1 Å². The van der Waals surface area contributed by atoms with E-state index in [0.29, 0.717) is 18.2 Å². The molecule has 3 aromatic rings. The molecular formula is C19H20N4O2. The third kappa shape index (κ3) is 5.34. The maximum Gasteiger partial charge on any atom is 0.237 e. The SMILES string of the molecule is OCCN(Cc1ccc(Oc2cnccn2)cc1)Cc1cccnc1. The molecule has 0 aliphatic rings. The van der Waals surface area contributed by atoms with Crippen LogP contribution in [0.5, 0.6) is 11.6 Å². The highest BCUT2D eigenvalue weighted by molar-refractivity contribution is 5.30. The average molecular weight is 336 g/mol. The number of aliphatic hydroxyl groups excluding tert-OH is 1. The van der Waals surface area contributed by atoms with Gasteiger partial charge in [-0.15, -0.1) is 0 Å². The summed E-state index contributed by atoms with van der Waals surface area (Å²) >= 11 is 0. The molecular weight excluding hydrogens is 316 g/mol. The molecule has 25 heavy (non-hydrogen) atoms. The third-order valence-corrected chi connectivity index (χ3v) is 3.64. The van der Waals surface area contributed by atoms with Crippen LogP contribution in [0.2, 0.25) is 0 Å². The zero-order chi connectivity index (χ0) is 17.3. The summed E-state index contributed by atoms with van der Waals surface area (Å²) in [7, 11) is 0. The first-order valence-corrected chi connectivity index (χ1v) is 8.08. The van der Waals surface area contributed by atoms with E-state index in [1.165, 1.54) is 0 Å². The number of aliphatic hydroxyl groups is 1. The molecule has 6 nitrogen and oxygen atoms in total. The van der Waals surface area contributed by atoms with Gasteiger partial charge in [-0.2, -0.15) is 0 Å². The Labute approximate surface area is 146 Å². The van der Waals surface area contributed by atoms with Gasteiger partial charge in [0.2, 0.25) is 5.88 Å². The molecule has 6 heteroatoms. The topological polar surface area (TPSA) is 71.4 Å². The summed E-state index contributed by atoms with van der Waals surface area (Å²) in [5, 5.41) is 9.31. The van der Waals surface area contributed by atoms with Gasteiger partial charge in [-0.1, -0.05) is 18.2 Å². The highest BCUT2D eigenvalue weighted by atomic mass is 16.5. The number of hydrogen-bond donors (Lipinski definition) is 1. The van der Waals surface area contributed by atoms with Crippen molar-refractivity contribution in [2.75, 3.05) is 13.2 Å². The molecule has 128 valence electrons. The minimum absolute atomic E-state index is 0.119. The Balaban J connectivity index is 1.62. The molecule has 0 amide bonds. The molecule has 0 spiro atoms. The molecule has 0 fully saturated rings. The molecule has 0 aliphatic heterocycles. The van der Waals surface area contributed by atoms with Crippen LogP contribution in [0.1, 0.15) is 11.1 Å². The van der Waals surface area contributed by atoms with Gasteiger partial charge >= 0.3 is 0 Å². The number of hydrogen-bond acceptors (Lipinski definition) is 6. The molecule has 0 radical (unpaired) electrons. The van der Waals surface area contributed by atoms with E-state index in [1.807, 2.05) is 42.6 Å². The Morgan fingerprint density at radius 2 is 1.68 bits per heavy atom. The molecule has 0 unspecified atom stereocenters. The standard InChI is InChI=1S/C19H20N4O2/c24-11-10-23(15-17-2-1-7-20-12-17)14-16-3-5-18(6-4-16)25-19-13-21-8-9-22-19/h1-9,12-13,24H,10-11,14-15H2. The van der Waals surface area contributed by atoms with Crippen molar-refractivity contribution < 1.29 is 9.84 Å². The van der Waals surface area contributed by atoms with E-state index in [2.05, 4.69) is 19.9 Å². The minimum Gasteiger partial charge on any atom is -0.438 e. The van der Waals surface area contributed by atoms with Crippen molar-refractivity contribution in [1.82, 2.24) is 19.9 Å². The lowest BCUT2D eigenvalue weighted by Gasteiger charge is -2.21. The Bertz CT molecular complexity index is 751. The van der Waals surface area contributed by atoms with Crippen LogP contribution in [0.4, 0.5) is 0 Å². The Hall–Kier alpha value is -2.83. The zero-order valence-corrected chi connectivity index (χ0v) is 13.8. The van der Waals surface area contributed by atoms with Crippen LogP contribution in [0, 0.1) is 0 Å². The van der Waals surface area contributed by atoms with Gasteiger partial charge in [0.1, 0.15) is 5.75 Å². The summed E-state index contributed by atoms with van der Waals surface area (Å²) in [5.74, 6) is 1.18. The van der Waals surface area contributed by atoms with E-state index in [0.717, 1.165) is 24.2 Å². The first kappa shape index (κ1) is 17.0. The summed E-state index contributed by atoms with van der Waals surface area (Å²) in [4.78, 5) is 14.4. The Morgan fingerprint density at radius 3 is 2.36 bits per heavy atom. The normalized spacial score (nSPS) is 10.8. The van der Waals surface area contributed by atoms with Crippen molar-refractivity contribution in [2.45, 2.75) is 13.1 Å². The minimum atomic E-state index is 0.119. The highest BCUT2D eigenvalue weighted by Crippen LogP contribution is 2.19. The second-order valence-electron chi connectivity index (χ2n) is 5.59. The number of nitrogens with zero attached hydrogens (tertiary/aromatic N) is 4. The summed E-state index contributed by atoms with van der Waals surface area (Å²) in [5.41, 5.74) is 2.27. The molecule has 0 aliphatic carbocycles. The van der Waals surface area contributed by atoms with Crippen molar-refractivity contribution in [3.63, 3.8) is 0 Å². The summed E-state index contributed by atoms with van der Waals surface area (Å²) < 4.78 is 5.65. The fraction of sp³-hybridized carbons (Fsp3) is 0.211. The second-order valence-corrected chi connectivity index (χ2v) is 5.59. The Kier molecular flexibility index (Phi) is 6.03. The lowest BCUT2D eigenvalue weighted by atomic mass is 10.2. The van der Waals surface area contributed by atoms with E-state index in [4.69, 9.17) is 4.74 Å². The van der Waals surface area contributed by atoms with Gasteiger partial charge in [-0.25, -0.2) is 4.98 Å². The molecule has 3 rings (SSSR count). The fourth-order valence-corrected chi connectivity index (χ4v) is 2.49. The van der Waals surface area contributed by atoms with Crippen molar-refractivity contribution in [2.24, 2.45) is 0 Å². The van der Waals surface area contributed by atoms with Gasteiger partial charge in [-0.3, -0.25) is 14.9 Å². The number of benzene rings is 1. The Morgan fingerprint density at radius 1 is 0.880 bits per heavy atom. The largest absolute Gasteiger partial charge is 0.438 e.